The first-order chi connectivity index (χ1) is 7.86. The predicted molar refractivity (Wildman–Crippen MR) is 59.4 cm³/mol. The van der Waals surface area contributed by atoms with Crippen LogP contribution in [-0.2, 0) is 0 Å². The van der Waals surface area contributed by atoms with E-state index in [1.165, 1.54) is 0 Å². The molecule has 0 saturated heterocycles. The first kappa shape index (κ1) is 8.84. The van der Waals surface area contributed by atoms with E-state index in [0.29, 0.717) is 17.2 Å². The number of aromatic nitrogens is 3. The highest BCUT2D eigenvalue weighted by molar-refractivity contribution is 5.96. The molecule has 0 aliphatic rings. The summed E-state index contributed by atoms with van der Waals surface area (Å²) in [4.78, 5) is 8.34. The summed E-state index contributed by atoms with van der Waals surface area (Å²) in [6.07, 6.45) is 3.36. The van der Waals surface area contributed by atoms with Crippen molar-refractivity contribution in [3.63, 3.8) is 0 Å². The van der Waals surface area contributed by atoms with Crippen LogP contribution in [0.2, 0.25) is 0 Å². The van der Waals surface area contributed by atoms with Crippen LogP contribution in [0.3, 0.4) is 0 Å². The standard InChI is InChI=1S/C11H8N4O/c12-10-7-3-1-4-8(9(7)16-15-10)11-13-5-2-6-14-11/h1-6H,(H2,12,15). The van der Waals surface area contributed by atoms with Crippen LogP contribution in [0.15, 0.2) is 41.2 Å². The largest absolute Gasteiger partial charge is 0.380 e. The van der Waals surface area contributed by atoms with E-state index in [4.69, 9.17) is 10.3 Å². The highest BCUT2D eigenvalue weighted by atomic mass is 16.5. The minimum Gasteiger partial charge on any atom is -0.380 e. The number of benzene rings is 1. The number of hydrogen-bond donors (Lipinski definition) is 1. The van der Waals surface area contributed by atoms with E-state index in [0.717, 1.165) is 10.9 Å². The van der Waals surface area contributed by atoms with Gasteiger partial charge in [-0.25, -0.2) is 9.97 Å². The lowest BCUT2D eigenvalue weighted by Crippen LogP contribution is -1.87. The summed E-state index contributed by atoms with van der Waals surface area (Å²) >= 11 is 0. The van der Waals surface area contributed by atoms with Crippen LogP contribution < -0.4 is 5.73 Å². The molecule has 0 amide bonds. The SMILES string of the molecule is Nc1noc2c(-c3ncccn3)cccc12. The molecule has 0 saturated carbocycles. The van der Waals surface area contributed by atoms with E-state index in [2.05, 4.69) is 15.1 Å². The van der Waals surface area contributed by atoms with Gasteiger partial charge in [0.15, 0.2) is 17.2 Å². The van der Waals surface area contributed by atoms with E-state index in [9.17, 15) is 0 Å². The molecule has 0 unspecified atom stereocenters. The highest BCUT2D eigenvalue weighted by Crippen LogP contribution is 2.28. The number of anilines is 1. The first-order valence-electron chi connectivity index (χ1n) is 4.77. The maximum atomic E-state index is 5.68. The Morgan fingerprint density at radius 2 is 1.88 bits per heavy atom. The lowest BCUT2D eigenvalue weighted by atomic mass is 10.1. The molecule has 5 heteroatoms. The zero-order chi connectivity index (χ0) is 11.0. The molecule has 3 aromatic rings. The normalized spacial score (nSPS) is 10.8. The van der Waals surface area contributed by atoms with E-state index in [1.807, 2.05) is 18.2 Å². The summed E-state index contributed by atoms with van der Waals surface area (Å²) in [6.45, 7) is 0. The van der Waals surface area contributed by atoms with Gasteiger partial charge in [0, 0.05) is 12.4 Å². The maximum absolute atomic E-state index is 5.68. The third-order valence-corrected chi connectivity index (χ3v) is 2.33. The minimum atomic E-state index is 0.382. The van der Waals surface area contributed by atoms with Crippen LogP contribution in [0.5, 0.6) is 0 Å². The van der Waals surface area contributed by atoms with Crippen molar-refractivity contribution in [2.24, 2.45) is 0 Å². The number of hydrogen-bond acceptors (Lipinski definition) is 5. The van der Waals surface area contributed by atoms with E-state index >= 15 is 0 Å². The Morgan fingerprint density at radius 1 is 1.06 bits per heavy atom. The fraction of sp³-hybridized carbons (Fsp3) is 0. The molecule has 0 fully saturated rings. The molecule has 0 atom stereocenters. The quantitative estimate of drug-likeness (QED) is 0.666. The van der Waals surface area contributed by atoms with Crippen molar-refractivity contribution in [2.75, 3.05) is 5.73 Å². The van der Waals surface area contributed by atoms with Crippen molar-refractivity contribution in [3.8, 4) is 11.4 Å². The van der Waals surface area contributed by atoms with Crippen LogP contribution in [0, 0.1) is 0 Å². The van der Waals surface area contributed by atoms with Crippen LogP contribution in [0.1, 0.15) is 0 Å². The molecule has 2 N–H and O–H groups in total. The second kappa shape index (κ2) is 3.30. The molecule has 2 aromatic heterocycles. The molecular weight excluding hydrogens is 204 g/mol. The molecular formula is C11H8N4O. The fourth-order valence-corrected chi connectivity index (χ4v) is 1.60. The molecule has 16 heavy (non-hydrogen) atoms. The van der Waals surface area contributed by atoms with Crippen molar-refractivity contribution >= 4 is 16.8 Å². The van der Waals surface area contributed by atoms with Crippen LogP contribution >= 0.6 is 0 Å². The summed E-state index contributed by atoms with van der Waals surface area (Å²) in [6, 6.07) is 7.37. The number of nitrogens with zero attached hydrogens (tertiary/aromatic N) is 3. The molecule has 0 spiro atoms. The summed E-state index contributed by atoms with van der Waals surface area (Å²) in [5, 5.41) is 4.51. The van der Waals surface area contributed by atoms with Gasteiger partial charge in [-0.05, 0) is 18.2 Å². The van der Waals surface area contributed by atoms with Crippen molar-refractivity contribution < 1.29 is 4.52 Å². The Kier molecular flexibility index (Phi) is 1.83. The molecule has 0 bridgehead atoms. The molecule has 0 aliphatic heterocycles. The van der Waals surface area contributed by atoms with Crippen LogP contribution in [-0.4, -0.2) is 15.1 Å². The zero-order valence-electron chi connectivity index (χ0n) is 8.29. The van der Waals surface area contributed by atoms with Gasteiger partial charge >= 0.3 is 0 Å². The Balaban J connectivity index is 2.32. The van der Waals surface area contributed by atoms with Crippen LogP contribution in [0.4, 0.5) is 5.82 Å². The average Bonchev–Trinajstić information content (AvgIpc) is 2.73. The average molecular weight is 212 g/mol. The van der Waals surface area contributed by atoms with Gasteiger partial charge in [-0.2, -0.15) is 0 Å². The third kappa shape index (κ3) is 1.22. The highest BCUT2D eigenvalue weighted by Gasteiger charge is 2.12. The number of rotatable bonds is 1. The van der Waals surface area contributed by atoms with Gasteiger partial charge < -0.3 is 10.3 Å². The summed E-state index contributed by atoms with van der Waals surface area (Å²) in [7, 11) is 0. The summed E-state index contributed by atoms with van der Waals surface area (Å²) in [5.74, 6) is 0.983. The summed E-state index contributed by atoms with van der Waals surface area (Å²) < 4.78 is 5.18. The second-order valence-corrected chi connectivity index (χ2v) is 3.32. The van der Waals surface area contributed by atoms with Gasteiger partial charge in [0.05, 0.1) is 10.9 Å². The zero-order valence-corrected chi connectivity index (χ0v) is 8.29. The molecule has 0 aliphatic carbocycles. The topological polar surface area (TPSA) is 77.8 Å². The van der Waals surface area contributed by atoms with Crippen LogP contribution in [0.25, 0.3) is 22.4 Å². The number of nitrogens with two attached hydrogens (primary N) is 1. The summed E-state index contributed by atoms with van der Waals surface area (Å²) in [5.41, 5.74) is 7.09. The Morgan fingerprint density at radius 3 is 2.69 bits per heavy atom. The van der Waals surface area contributed by atoms with Gasteiger partial charge in [-0.3, -0.25) is 0 Å². The van der Waals surface area contributed by atoms with E-state index in [1.54, 1.807) is 18.5 Å². The Labute approximate surface area is 90.9 Å². The van der Waals surface area contributed by atoms with Gasteiger partial charge in [-0.1, -0.05) is 11.2 Å². The monoisotopic (exact) mass is 212 g/mol. The lowest BCUT2D eigenvalue weighted by Gasteiger charge is -1.98. The third-order valence-electron chi connectivity index (χ3n) is 2.33. The maximum Gasteiger partial charge on any atom is 0.180 e. The van der Waals surface area contributed by atoms with Gasteiger partial charge in [-0.15, -0.1) is 0 Å². The van der Waals surface area contributed by atoms with Gasteiger partial charge in [0.1, 0.15) is 0 Å². The molecule has 78 valence electrons. The number of para-hydroxylation sites is 1. The number of fused-ring (bicyclic) bond motifs is 1. The van der Waals surface area contributed by atoms with E-state index < -0.39 is 0 Å². The minimum absolute atomic E-state index is 0.382. The molecule has 0 radical (unpaired) electrons. The Hall–Kier alpha value is -2.43. The smallest absolute Gasteiger partial charge is 0.180 e. The van der Waals surface area contributed by atoms with E-state index in [-0.39, 0.29) is 0 Å². The second-order valence-electron chi connectivity index (χ2n) is 3.32. The number of nitrogen functional groups attached to an aromatic ring is 1. The fourth-order valence-electron chi connectivity index (χ4n) is 1.60. The van der Waals surface area contributed by atoms with Crippen molar-refractivity contribution in [1.29, 1.82) is 0 Å². The van der Waals surface area contributed by atoms with Crippen molar-refractivity contribution in [2.45, 2.75) is 0 Å². The Bertz CT molecular complexity index is 633. The molecule has 1 aromatic carbocycles. The predicted octanol–water partition coefficient (Wildman–Crippen LogP) is 1.87. The molecule has 3 rings (SSSR count). The van der Waals surface area contributed by atoms with Gasteiger partial charge in [0.2, 0.25) is 0 Å². The lowest BCUT2D eigenvalue weighted by molar-refractivity contribution is 0.461. The first-order valence-corrected chi connectivity index (χ1v) is 4.77. The molecule has 2 heterocycles. The van der Waals surface area contributed by atoms with Gasteiger partial charge in [0.25, 0.3) is 0 Å². The van der Waals surface area contributed by atoms with Crippen molar-refractivity contribution in [3.05, 3.63) is 36.7 Å². The van der Waals surface area contributed by atoms with Crippen molar-refractivity contribution in [1.82, 2.24) is 15.1 Å². The molecule has 5 nitrogen and oxygen atoms in total.